The number of ether oxygens (including phenoxy) is 1. The van der Waals surface area contributed by atoms with Crippen LogP contribution in [0.5, 0.6) is 0 Å². The van der Waals surface area contributed by atoms with Crippen molar-refractivity contribution >= 4 is 35.6 Å². The molecule has 1 aromatic rings. The Morgan fingerprint density at radius 2 is 1.82 bits per heavy atom. The summed E-state index contributed by atoms with van der Waals surface area (Å²) in [6, 6.07) is 9.29. The molecule has 6 nitrogen and oxygen atoms in total. The fourth-order valence-corrected chi connectivity index (χ4v) is 3.61. The van der Waals surface area contributed by atoms with Crippen molar-refractivity contribution in [2.45, 2.75) is 25.4 Å². The zero-order chi connectivity index (χ0) is 18.9. The van der Waals surface area contributed by atoms with Crippen LogP contribution in [0.25, 0.3) is 0 Å². The lowest BCUT2D eigenvalue weighted by Crippen LogP contribution is -2.48. The summed E-state index contributed by atoms with van der Waals surface area (Å²) >= 11 is 0. The molecule has 0 atom stereocenters. The summed E-state index contributed by atoms with van der Waals surface area (Å²) < 4.78 is 5.17. The smallest absolute Gasteiger partial charge is 0.191 e. The molecule has 0 unspecified atom stereocenters. The molecule has 2 heterocycles. The second-order valence-corrected chi connectivity index (χ2v) is 7.22. The van der Waals surface area contributed by atoms with Crippen molar-refractivity contribution in [2.75, 3.05) is 58.4 Å². The second-order valence-electron chi connectivity index (χ2n) is 7.22. The molecule has 1 fully saturated rings. The highest BCUT2D eigenvalue weighted by molar-refractivity contribution is 14.0. The summed E-state index contributed by atoms with van der Waals surface area (Å²) in [7, 11) is 3.60. The lowest BCUT2D eigenvalue weighted by atomic mass is 10.1. The number of piperidine rings is 1. The molecule has 2 aliphatic heterocycles. The van der Waals surface area contributed by atoms with Crippen LogP contribution < -0.4 is 15.5 Å². The molecule has 28 heavy (non-hydrogen) atoms. The van der Waals surface area contributed by atoms with E-state index in [1.165, 1.54) is 11.3 Å². The van der Waals surface area contributed by atoms with Gasteiger partial charge in [-0.3, -0.25) is 4.99 Å². The summed E-state index contributed by atoms with van der Waals surface area (Å²) in [5.74, 6) is 0.887. The van der Waals surface area contributed by atoms with E-state index >= 15 is 0 Å². The van der Waals surface area contributed by atoms with E-state index in [9.17, 15) is 0 Å². The fourth-order valence-electron chi connectivity index (χ4n) is 3.61. The van der Waals surface area contributed by atoms with Gasteiger partial charge in [-0.05, 0) is 30.5 Å². The molecule has 7 heteroatoms. The summed E-state index contributed by atoms with van der Waals surface area (Å²) in [4.78, 5) is 9.22. The van der Waals surface area contributed by atoms with Crippen molar-refractivity contribution in [2.24, 2.45) is 4.99 Å². The molecule has 0 bridgehead atoms. The minimum Gasteiger partial charge on any atom is -0.383 e. The first-order chi connectivity index (χ1) is 13.3. The SMILES string of the molecule is CN=C(NCc1ccc(N2CC=CC2)cc1)NC1CCN(CCOC)CC1.I. The number of likely N-dealkylation sites (tertiary alicyclic amines) is 1. The lowest BCUT2D eigenvalue weighted by Gasteiger charge is -2.32. The van der Waals surface area contributed by atoms with Crippen LogP contribution in [0.15, 0.2) is 41.4 Å². The average Bonchev–Trinajstić information content (AvgIpc) is 3.26. The molecular formula is C21H34IN5O. The molecule has 1 aromatic carbocycles. The Morgan fingerprint density at radius 3 is 2.43 bits per heavy atom. The first-order valence-electron chi connectivity index (χ1n) is 9.96. The average molecular weight is 499 g/mol. The molecule has 0 radical (unpaired) electrons. The summed E-state index contributed by atoms with van der Waals surface area (Å²) in [6.07, 6.45) is 6.71. The first-order valence-corrected chi connectivity index (χ1v) is 9.96. The van der Waals surface area contributed by atoms with Gasteiger partial charge in [-0.25, -0.2) is 0 Å². The van der Waals surface area contributed by atoms with Crippen LogP contribution in [0, 0.1) is 0 Å². The number of nitrogens with one attached hydrogen (secondary N) is 2. The number of nitrogens with zero attached hydrogens (tertiary/aromatic N) is 3. The van der Waals surface area contributed by atoms with Crippen LogP contribution in [0.4, 0.5) is 5.69 Å². The molecule has 3 rings (SSSR count). The second kappa shape index (κ2) is 12.3. The van der Waals surface area contributed by atoms with Gasteiger partial charge in [-0.1, -0.05) is 24.3 Å². The van der Waals surface area contributed by atoms with Gasteiger partial charge in [0, 0.05) is 65.2 Å². The molecule has 0 aromatic heterocycles. The molecule has 156 valence electrons. The summed E-state index contributed by atoms with van der Waals surface area (Å²) in [6.45, 7) is 6.88. The number of hydrogen-bond donors (Lipinski definition) is 2. The quantitative estimate of drug-likeness (QED) is 0.261. The van der Waals surface area contributed by atoms with Crippen LogP contribution in [0.2, 0.25) is 0 Å². The molecule has 2 N–H and O–H groups in total. The largest absolute Gasteiger partial charge is 0.383 e. The minimum absolute atomic E-state index is 0. The van der Waals surface area contributed by atoms with E-state index in [4.69, 9.17) is 4.74 Å². The number of guanidine groups is 1. The standard InChI is InChI=1S/C21H33N5O.HI/c1-22-21(24-19-9-13-25(14-10-19)15-16-27-2)23-17-18-5-7-20(8-6-18)26-11-3-4-12-26;/h3-8,19H,9-17H2,1-2H3,(H2,22,23,24);1H. The van der Waals surface area contributed by atoms with E-state index in [0.717, 1.165) is 64.7 Å². The number of hydrogen-bond acceptors (Lipinski definition) is 4. The first kappa shape index (κ1) is 23.0. The van der Waals surface area contributed by atoms with E-state index in [1.54, 1.807) is 7.11 Å². The van der Waals surface area contributed by atoms with Gasteiger partial charge in [-0.15, -0.1) is 24.0 Å². The maximum atomic E-state index is 5.17. The van der Waals surface area contributed by atoms with Crippen LogP contribution >= 0.6 is 24.0 Å². The minimum atomic E-state index is 0. The maximum absolute atomic E-state index is 5.17. The van der Waals surface area contributed by atoms with E-state index in [-0.39, 0.29) is 24.0 Å². The molecule has 0 saturated carbocycles. The number of anilines is 1. The third-order valence-corrected chi connectivity index (χ3v) is 5.34. The third kappa shape index (κ3) is 6.93. The molecule has 0 spiro atoms. The van der Waals surface area contributed by atoms with Crippen molar-refractivity contribution in [3.63, 3.8) is 0 Å². The van der Waals surface area contributed by atoms with Gasteiger partial charge < -0.3 is 25.2 Å². The van der Waals surface area contributed by atoms with Crippen molar-refractivity contribution in [3.8, 4) is 0 Å². The number of benzene rings is 1. The summed E-state index contributed by atoms with van der Waals surface area (Å²) in [5.41, 5.74) is 2.55. The van der Waals surface area contributed by atoms with Gasteiger partial charge in [-0.2, -0.15) is 0 Å². The predicted octanol–water partition coefficient (Wildman–Crippen LogP) is 2.46. The van der Waals surface area contributed by atoms with Gasteiger partial charge in [0.05, 0.1) is 6.61 Å². The van der Waals surface area contributed by atoms with Gasteiger partial charge in [0.15, 0.2) is 5.96 Å². The van der Waals surface area contributed by atoms with Crippen LogP contribution in [-0.4, -0.2) is 70.4 Å². The molecule has 0 aliphatic carbocycles. The molecule has 2 aliphatic rings. The van der Waals surface area contributed by atoms with Crippen molar-refractivity contribution in [1.29, 1.82) is 0 Å². The van der Waals surface area contributed by atoms with Crippen molar-refractivity contribution < 1.29 is 4.74 Å². The summed E-state index contributed by atoms with van der Waals surface area (Å²) in [5, 5.41) is 7.02. The monoisotopic (exact) mass is 499 g/mol. The normalized spacial score (nSPS) is 18.2. The van der Waals surface area contributed by atoms with Crippen LogP contribution in [0.1, 0.15) is 18.4 Å². The molecular weight excluding hydrogens is 465 g/mol. The van der Waals surface area contributed by atoms with Gasteiger partial charge in [0.2, 0.25) is 0 Å². The van der Waals surface area contributed by atoms with Gasteiger partial charge >= 0.3 is 0 Å². The van der Waals surface area contributed by atoms with Crippen molar-refractivity contribution in [3.05, 3.63) is 42.0 Å². The van der Waals surface area contributed by atoms with E-state index < -0.39 is 0 Å². The maximum Gasteiger partial charge on any atom is 0.191 e. The highest BCUT2D eigenvalue weighted by atomic mass is 127. The Morgan fingerprint density at radius 1 is 1.14 bits per heavy atom. The Labute approximate surface area is 186 Å². The fraction of sp³-hybridized carbons (Fsp3) is 0.571. The molecule has 0 amide bonds. The Bertz CT molecular complexity index is 618. The zero-order valence-corrected chi connectivity index (χ0v) is 19.4. The predicted molar refractivity (Wildman–Crippen MR) is 128 cm³/mol. The number of rotatable bonds is 7. The van der Waals surface area contributed by atoms with Crippen molar-refractivity contribution in [1.82, 2.24) is 15.5 Å². The van der Waals surface area contributed by atoms with Gasteiger partial charge in [0.1, 0.15) is 0 Å². The zero-order valence-electron chi connectivity index (χ0n) is 17.1. The van der Waals surface area contributed by atoms with Crippen LogP contribution in [0.3, 0.4) is 0 Å². The molecule has 1 saturated heterocycles. The Balaban J connectivity index is 0.00000280. The highest BCUT2D eigenvalue weighted by Gasteiger charge is 2.19. The Kier molecular flexibility index (Phi) is 10.1. The number of halogens is 1. The van der Waals surface area contributed by atoms with E-state index in [0.29, 0.717) is 6.04 Å². The van der Waals surface area contributed by atoms with Crippen LogP contribution in [-0.2, 0) is 11.3 Å². The van der Waals surface area contributed by atoms with Gasteiger partial charge in [0.25, 0.3) is 0 Å². The van der Waals surface area contributed by atoms with E-state index in [1.807, 2.05) is 7.05 Å². The topological polar surface area (TPSA) is 52.1 Å². The third-order valence-electron chi connectivity index (χ3n) is 5.34. The number of methoxy groups -OCH3 is 1. The number of aliphatic imine (C=N–C) groups is 1. The lowest BCUT2D eigenvalue weighted by molar-refractivity contribution is 0.128. The van der Waals surface area contributed by atoms with E-state index in [2.05, 4.69) is 61.8 Å². The highest BCUT2D eigenvalue weighted by Crippen LogP contribution is 2.17. The Hall–Kier alpha value is -1.32.